The molecule has 0 radical (unpaired) electrons. The van der Waals surface area contributed by atoms with E-state index in [1.807, 2.05) is 24.4 Å². The SMILES string of the molecule is COc1c(CO)ccc2cc3[n+](cc12)CCc1cc(O)c(O)cc1-3. The van der Waals surface area contributed by atoms with E-state index in [2.05, 4.69) is 4.57 Å². The summed E-state index contributed by atoms with van der Waals surface area (Å²) < 4.78 is 7.61. The van der Waals surface area contributed by atoms with E-state index in [4.69, 9.17) is 4.74 Å². The third kappa shape index (κ3) is 2.09. The summed E-state index contributed by atoms with van der Waals surface area (Å²) in [5.74, 6) is 0.484. The number of aromatic nitrogens is 1. The monoisotopic (exact) mass is 324 g/mol. The first-order chi connectivity index (χ1) is 11.6. The van der Waals surface area contributed by atoms with Crippen LogP contribution in [-0.2, 0) is 19.6 Å². The number of ether oxygens (including phenoxy) is 1. The van der Waals surface area contributed by atoms with E-state index in [1.165, 1.54) is 0 Å². The molecular formula is C19H18NO4+. The number of rotatable bonds is 2. The Bertz CT molecular complexity index is 965. The number of aliphatic hydroxyl groups excluding tert-OH is 1. The number of aromatic hydroxyl groups is 2. The summed E-state index contributed by atoms with van der Waals surface area (Å²) in [5.41, 5.74) is 3.68. The van der Waals surface area contributed by atoms with Gasteiger partial charge in [0.2, 0.25) is 5.69 Å². The molecule has 0 spiro atoms. The van der Waals surface area contributed by atoms with Crippen molar-refractivity contribution in [1.82, 2.24) is 0 Å². The number of phenols is 2. The topological polar surface area (TPSA) is 73.8 Å². The van der Waals surface area contributed by atoms with Gasteiger partial charge in [-0.25, -0.2) is 0 Å². The minimum absolute atomic E-state index is 0.0726. The van der Waals surface area contributed by atoms with Crippen molar-refractivity contribution in [3.05, 3.63) is 47.7 Å². The Kier molecular flexibility index (Phi) is 3.32. The summed E-state index contributed by atoms with van der Waals surface area (Å²) >= 11 is 0. The molecule has 1 aromatic heterocycles. The van der Waals surface area contributed by atoms with Crippen LogP contribution in [0, 0.1) is 0 Å². The van der Waals surface area contributed by atoms with E-state index in [-0.39, 0.29) is 18.1 Å². The average Bonchev–Trinajstić information content (AvgIpc) is 2.60. The lowest BCUT2D eigenvalue weighted by atomic mass is 9.95. The van der Waals surface area contributed by atoms with Crippen LogP contribution in [0.5, 0.6) is 17.2 Å². The number of aryl methyl sites for hydroxylation is 2. The quantitative estimate of drug-likeness (QED) is 0.499. The molecule has 5 heteroatoms. The van der Waals surface area contributed by atoms with Gasteiger partial charge in [0.25, 0.3) is 0 Å². The van der Waals surface area contributed by atoms with Gasteiger partial charge in [-0.1, -0.05) is 12.1 Å². The number of aliphatic hydroxyl groups is 1. The highest BCUT2D eigenvalue weighted by Gasteiger charge is 2.26. The predicted octanol–water partition coefficient (Wildman–Crippen LogP) is 2.26. The lowest BCUT2D eigenvalue weighted by Gasteiger charge is -2.17. The van der Waals surface area contributed by atoms with Gasteiger partial charge >= 0.3 is 0 Å². The fourth-order valence-electron chi connectivity index (χ4n) is 3.46. The van der Waals surface area contributed by atoms with Crippen molar-refractivity contribution in [2.45, 2.75) is 19.6 Å². The molecule has 0 saturated heterocycles. The van der Waals surface area contributed by atoms with Crippen molar-refractivity contribution >= 4 is 10.8 Å². The van der Waals surface area contributed by atoms with Crippen LogP contribution in [-0.4, -0.2) is 22.4 Å². The average molecular weight is 324 g/mol. The zero-order valence-corrected chi connectivity index (χ0v) is 13.3. The maximum absolute atomic E-state index is 9.86. The van der Waals surface area contributed by atoms with Crippen LogP contribution >= 0.6 is 0 Å². The highest BCUT2D eigenvalue weighted by molar-refractivity contribution is 5.90. The molecule has 2 heterocycles. The van der Waals surface area contributed by atoms with Crippen LogP contribution < -0.4 is 9.30 Å². The Hall–Kier alpha value is -2.79. The van der Waals surface area contributed by atoms with E-state index < -0.39 is 0 Å². The van der Waals surface area contributed by atoms with Gasteiger partial charge in [0.15, 0.2) is 24.2 Å². The Morgan fingerprint density at radius 1 is 1.12 bits per heavy atom. The molecule has 5 nitrogen and oxygen atoms in total. The maximum atomic E-state index is 9.86. The second-order valence-electron chi connectivity index (χ2n) is 6.02. The standard InChI is InChI=1S/C19H17NO4/c1-24-19-13(10-21)3-2-11-6-16-14-8-18(23)17(22)7-12(14)4-5-20(16)9-15(11)19/h2-3,6-9,21,23H,4-5,10H2,1H3/p+1. The molecule has 0 aliphatic carbocycles. The Balaban J connectivity index is 2.00. The third-order valence-electron chi connectivity index (χ3n) is 4.67. The Labute approximate surface area is 139 Å². The van der Waals surface area contributed by atoms with Gasteiger partial charge in [-0.05, 0) is 23.1 Å². The largest absolute Gasteiger partial charge is 0.504 e. The first-order valence-electron chi connectivity index (χ1n) is 7.81. The number of hydrogen-bond acceptors (Lipinski definition) is 4. The second kappa shape index (κ2) is 5.39. The van der Waals surface area contributed by atoms with E-state index >= 15 is 0 Å². The predicted molar refractivity (Wildman–Crippen MR) is 89.1 cm³/mol. The van der Waals surface area contributed by atoms with Gasteiger partial charge in [0, 0.05) is 18.1 Å². The van der Waals surface area contributed by atoms with Gasteiger partial charge in [-0.3, -0.25) is 0 Å². The molecule has 122 valence electrons. The van der Waals surface area contributed by atoms with Crippen molar-refractivity contribution in [2.24, 2.45) is 0 Å². The van der Waals surface area contributed by atoms with E-state index in [0.29, 0.717) is 5.75 Å². The van der Waals surface area contributed by atoms with Crippen LogP contribution in [0.15, 0.2) is 36.5 Å². The van der Waals surface area contributed by atoms with Gasteiger partial charge in [-0.2, -0.15) is 4.57 Å². The lowest BCUT2D eigenvalue weighted by Crippen LogP contribution is -2.40. The highest BCUT2D eigenvalue weighted by atomic mass is 16.5. The summed E-state index contributed by atoms with van der Waals surface area (Å²) in [7, 11) is 1.61. The van der Waals surface area contributed by atoms with Crippen LogP contribution in [0.4, 0.5) is 0 Å². The van der Waals surface area contributed by atoms with Crippen LogP contribution in [0.3, 0.4) is 0 Å². The van der Waals surface area contributed by atoms with Crippen molar-refractivity contribution in [1.29, 1.82) is 0 Å². The summed E-state index contributed by atoms with van der Waals surface area (Å²) in [6.07, 6.45) is 2.80. The molecule has 0 atom stereocenters. The summed E-state index contributed by atoms with van der Waals surface area (Å²) in [5, 5.41) is 31.0. The molecule has 0 saturated carbocycles. The normalized spacial score (nSPS) is 12.8. The zero-order chi connectivity index (χ0) is 16.8. The molecule has 0 amide bonds. The number of hydrogen-bond donors (Lipinski definition) is 3. The molecule has 2 aromatic carbocycles. The van der Waals surface area contributed by atoms with Gasteiger partial charge in [0.05, 0.1) is 24.7 Å². The molecule has 3 aromatic rings. The van der Waals surface area contributed by atoms with Gasteiger partial charge < -0.3 is 20.1 Å². The van der Waals surface area contributed by atoms with Crippen molar-refractivity contribution in [3.8, 4) is 28.5 Å². The summed E-state index contributed by atoms with van der Waals surface area (Å²) in [6, 6.07) is 9.11. The molecule has 1 aliphatic heterocycles. The number of benzene rings is 2. The Morgan fingerprint density at radius 2 is 1.92 bits per heavy atom. The van der Waals surface area contributed by atoms with Crippen LogP contribution in [0.1, 0.15) is 11.1 Å². The second-order valence-corrected chi connectivity index (χ2v) is 6.02. The summed E-state index contributed by atoms with van der Waals surface area (Å²) in [4.78, 5) is 0. The van der Waals surface area contributed by atoms with Crippen LogP contribution in [0.25, 0.3) is 22.0 Å². The minimum atomic E-state index is -0.115. The number of nitrogens with zero attached hydrogens (tertiary/aromatic N) is 1. The van der Waals surface area contributed by atoms with Gasteiger partial charge in [0.1, 0.15) is 5.75 Å². The molecule has 0 bridgehead atoms. The highest BCUT2D eigenvalue weighted by Crippen LogP contribution is 2.37. The fraction of sp³-hybridized carbons (Fsp3) is 0.211. The van der Waals surface area contributed by atoms with Crippen molar-refractivity contribution in [2.75, 3.05) is 7.11 Å². The van der Waals surface area contributed by atoms with E-state index in [1.54, 1.807) is 19.2 Å². The Morgan fingerprint density at radius 3 is 2.67 bits per heavy atom. The van der Waals surface area contributed by atoms with Crippen molar-refractivity contribution < 1.29 is 24.6 Å². The molecular weight excluding hydrogens is 306 g/mol. The molecule has 4 rings (SSSR count). The smallest absolute Gasteiger partial charge is 0.213 e. The molecule has 0 fully saturated rings. The molecule has 1 aliphatic rings. The van der Waals surface area contributed by atoms with E-state index in [0.717, 1.165) is 46.1 Å². The molecule has 0 unspecified atom stereocenters. The summed E-state index contributed by atoms with van der Waals surface area (Å²) in [6.45, 7) is 0.700. The molecule has 24 heavy (non-hydrogen) atoms. The number of pyridine rings is 1. The first-order valence-corrected chi connectivity index (χ1v) is 7.81. The molecule has 3 N–H and O–H groups in total. The maximum Gasteiger partial charge on any atom is 0.213 e. The zero-order valence-electron chi connectivity index (χ0n) is 13.3. The number of methoxy groups -OCH3 is 1. The van der Waals surface area contributed by atoms with Crippen LogP contribution in [0.2, 0.25) is 0 Å². The number of fused-ring (bicyclic) bond motifs is 4. The van der Waals surface area contributed by atoms with Crippen molar-refractivity contribution in [3.63, 3.8) is 0 Å². The lowest BCUT2D eigenvalue weighted by molar-refractivity contribution is -0.686. The first kappa shape index (κ1) is 14.8. The van der Waals surface area contributed by atoms with E-state index in [9.17, 15) is 15.3 Å². The van der Waals surface area contributed by atoms with Gasteiger partial charge in [-0.15, -0.1) is 0 Å². The minimum Gasteiger partial charge on any atom is -0.504 e. The number of phenolic OH excluding ortho intramolecular Hbond substituents is 2. The third-order valence-corrected chi connectivity index (χ3v) is 4.67. The fourth-order valence-corrected chi connectivity index (χ4v) is 3.46.